The fraction of sp³-hybridized carbons (Fsp3) is 0.650. The van der Waals surface area contributed by atoms with Gasteiger partial charge in [-0.3, -0.25) is 14.6 Å². The molecule has 0 radical (unpaired) electrons. The molecular formula is C20H29N3O4. The SMILES string of the molecule is O=C(Cc1ccncc1)NCC[C@H]1CC[C@@H](NC(=O)C2CCC2)[C@@H](CO)O1. The first-order chi connectivity index (χ1) is 13.2. The number of pyridine rings is 1. The summed E-state index contributed by atoms with van der Waals surface area (Å²) in [5, 5.41) is 15.6. The summed E-state index contributed by atoms with van der Waals surface area (Å²) in [6.45, 7) is 0.423. The van der Waals surface area contributed by atoms with Gasteiger partial charge in [0.2, 0.25) is 11.8 Å². The zero-order valence-corrected chi connectivity index (χ0v) is 15.6. The minimum Gasteiger partial charge on any atom is -0.394 e. The monoisotopic (exact) mass is 375 g/mol. The lowest BCUT2D eigenvalue weighted by Gasteiger charge is -2.37. The van der Waals surface area contributed by atoms with E-state index in [1.165, 1.54) is 0 Å². The lowest BCUT2D eigenvalue weighted by Crippen LogP contribution is -2.53. The van der Waals surface area contributed by atoms with Crippen LogP contribution in [0.1, 0.15) is 44.1 Å². The van der Waals surface area contributed by atoms with E-state index in [9.17, 15) is 14.7 Å². The van der Waals surface area contributed by atoms with Gasteiger partial charge in [0.1, 0.15) is 6.10 Å². The molecule has 1 aliphatic carbocycles. The van der Waals surface area contributed by atoms with Crippen molar-refractivity contribution >= 4 is 11.8 Å². The van der Waals surface area contributed by atoms with E-state index >= 15 is 0 Å². The molecule has 1 aromatic heterocycles. The van der Waals surface area contributed by atoms with Crippen LogP contribution in [0.2, 0.25) is 0 Å². The number of aromatic nitrogens is 1. The number of ether oxygens (including phenoxy) is 1. The highest BCUT2D eigenvalue weighted by Crippen LogP contribution is 2.28. The molecule has 3 rings (SSSR count). The molecule has 2 heterocycles. The first kappa shape index (κ1) is 19.8. The fourth-order valence-electron chi connectivity index (χ4n) is 3.60. The smallest absolute Gasteiger partial charge is 0.224 e. The van der Waals surface area contributed by atoms with Crippen molar-refractivity contribution in [3.05, 3.63) is 30.1 Å². The van der Waals surface area contributed by atoms with Crippen LogP contribution in [-0.4, -0.2) is 53.3 Å². The van der Waals surface area contributed by atoms with E-state index in [1.54, 1.807) is 12.4 Å². The maximum Gasteiger partial charge on any atom is 0.224 e. The highest BCUT2D eigenvalue weighted by molar-refractivity contribution is 5.79. The number of nitrogens with zero attached hydrogens (tertiary/aromatic N) is 1. The second-order valence-corrected chi connectivity index (χ2v) is 7.47. The maximum absolute atomic E-state index is 12.1. The Balaban J connectivity index is 1.36. The third-order valence-electron chi connectivity index (χ3n) is 5.50. The number of hydrogen-bond acceptors (Lipinski definition) is 5. The van der Waals surface area contributed by atoms with E-state index in [2.05, 4.69) is 15.6 Å². The standard InChI is InChI=1S/C20H29N3O4/c24-13-18-17(23-20(26)15-2-1-3-15)5-4-16(27-18)8-11-22-19(25)12-14-6-9-21-10-7-14/h6-7,9-10,15-18,24H,1-5,8,11-13H2,(H,22,25)(H,23,26)/t16-,17-,18-/m1/s1. The molecular weight excluding hydrogens is 346 g/mol. The summed E-state index contributed by atoms with van der Waals surface area (Å²) in [4.78, 5) is 28.1. The molecule has 0 unspecified atom stereocenters. The van der Waals surface area contributed by atoms with Crippen molar-refractivity contribution in [3.63, 3.8) is 0 Å². The molecule has 3 atom stereocenters. The summed E-state index contributed by atoms with van der Waals surface area (Å²) in [6, 6.07) is 3.53. The highest BCUT2D eigenvalue weighted by atomic mass is 16.5. The molecule has 0 spiro atoms. The lowest BCUT2D eigenvalue weighted by molar-refractivity contribution is -0.134. The Bertz CT molecular complexity index is 621. The van der Waals surface area contributed by atoms with Crippen LogP contribution >= 0.6 is 0 Å². The second-order valence-electron chi connectivity index (χ2n) is 7.47. The number of aliphatic hydroxyl groups excluding tert-OH is 1. The third-order valence-corrected chi connectivity index (χ3v) is 5.50. The predicted molar refractivity (Wildman–Crippen MR) is 99.8 cm³/mol. The Morgan fingerprint density at radius 3 is 2.63 bits per heavy atom. The van der Waals surface area contributed by atoms with Crippen molar-refractivity contribution < 1.29 is 19.4 Å². The largest absolute Gasteiger partial charge is 0.394 e. The molecule has 1 saturated carbocycles. The molecule has 2 aliphatic rings. The normalized spacial score (nSPS) is 25.4. The molecule has 148 valence electrons. The first-order valence-corrected chi connectivity index (χ1v) is 9.88. The number of amides is 2. The second kappa shape index (κ2) is 9.80. The summed E-state index contributed by atoms with van der Waals surface area (Å²) < 4.78 is 5.96. The number of nitrogens with one attached hydrogen (secondary N) is 2. The average molecular weight is 375 g/mol. The predicted octanol–water partition coefficient (Wildman–Crippen LogP) is 0.955. The Hall–Kier alpha value is -1.99. The number of hydrogen-bond donors (Lipinski definition) is 3. The van der Waals surface area contributed by atoms with Crippen LogP contribution in [0.5, 0.6) is 0 Å². The number of carbonyl (C=O) groups excluding carboxylic acids is 2. The van der Waals surface area contributed by atoms with Crippen LogP contribution in [0.25, 0.3) is 0 Å². The Morgan fingerprint density at radius 2 is 1.96 bits per heavy atom. The molecule has 27 heavy (non-hydrogen) atoms. The van der Waals surface area contributed by atoms with Gasteiger partial charge in [0.25, 0.3) is 0 Å². The van der Waals surface area contributed by atoms with Crippen LogP contribution in [0, 0.1) is 5.92 Å². The van der Waals surface area contributed by atoms with E-state index in [0.717, 1.165) is 37.7 Å². The topological polar surface area (TPSA) is 101 Å². The van der Waals surface area contributed by atoms with E-state index in [0.29, 0.717) is 19.4 Å². The molecule has 0 aromatic carbocycles. The van der Waals surface area contributed by atoms with Crippen molar-refractivity contribution in [2.45, 2.75) is 63.2 Å². The molecule has 1 saturated heterocycles. The Labute approximate surface area is 159 Å². The summed E-state index contributed by atoms with van der Waals surface area (Å²) in [5.74, 6) is 0.203. The molecule has 7 heteroatoms. The van der Waals surface area contributed by atoms with E-state index in [-0.39, 0.29) is 42.6 Å². The Morgan fingerprint density at radius 1 is 1.19 bits per heavy atom. The molecule has 3 N–H and O–H groups in total. The van der Waals surface area contributed by atoms with Gasteiger partial charge in [0, 0.05) is 24.9 Å². The van der Waals surface area contributed by atoms with Gasteiger partial charge in [0.05, 0.1) is 25.2 Å². The van der Waals surface area contributed by atoms with E-state index < -0.39 is 0 Å². The maximum atomic E-state index is 12.1. The van der Waals surface area contributed by atoms with Crippen molar-refractivity contribution in [3.8, 4) is 0 Å². The van der Waals surface area contributed by atoms with E-state index in [4.69, 9.17) is 4.74 Å². The van der Waals surface area contributed by atoms with Gasteiger partial charge in [0.15, 0.2) is 0 Å². The Kier molecular flexibility index (Phi) is 7.18. The summed E-state index contributed by atoms with van der Waals surface area (Å²) in [6.07, 6.45) is 8.64. The zero-order valence-electron chi connectivity index (χ0n) is 15.6. The number of carbonyl (C=O) groups is 2. The van der Waals surface area contributed by atoms with Gasteiger partial charge in [-0.05, 0) is 49.8 Å². The molecule has 7 nitrogen and oxygen atoms in total. The van der Waals surface area contributed by atoms with Crippen molar-refractivity contribution in [1.82, 2.24) is 15.6 Å². The van der Waals surface area contributed by atoms with Crippen LogP contribution in [0.4, 0.5) is 0 Å². The van der Waals surface area contributed by atoms with Gasteiger partial charge >= 0.3 is 0 Å². The zero-order chi connectivity index (χ0) is 19.1. The quantitative estimate of drug-likeness (QED) is 0.628. The fourth-order valence-corrected chi connectivity index (χ4v) is 3.60. The van der Waals surface area contributed by atoms with Crippen LogP contribution in [-0.2, 0) is 20.7 Å². The number of aliphatic hydroxyl groups is 1. The molecule has 1 aliphatic heterocycles. The van der Waals surface area contributed by atoms with Gasteiger partial charge in [-0.2, -0.15) is 0 Å². The summed E-state index contributed by atoms with van der Waals surface area (Å²) in [7, 11) is 0. The third kappa shape index (κ3) is 5.74. The van der Waals surface area contributed by atoms with Gasteiger partial charge < -0.3 is 20.5 Å². The van der Waals surface area contributed by atoms with Gasteiger partial charge in [-0.15, -0.1) is 0 Å². The number of rotatable bonds is 8. The lowest BCUT2D eigenvalue weighted by atomic mass is 9.84. The molecule has 1 aromatic rings. The van der Waals surface area contributed by atoms with Gasteiger partial charge in [-0.1, -0.05) is 6.42 Å². The van der Waals surface area contributed by atoms with Crippen LogP contribution in [0.15, 0.2) is 24.5 Å². The van der Waals surface area contributed by atoms with E-state index in [1.807, 2.05) is 12.1 Å². The molecule has 2 fully saturated rings. The van der Waals surface area contributed by atoms with Crippen molar-refractivity contribution in [1.29, 1.82) is 0 Å². The average Bonchev–Trinajstić information content (AvgIpc) is 2.62. The van der Waals surface area contributed by atoms with Crippen LogP contribution < -0.4 is 10.6 Å². The highest BCUT2D eigenvalue weighted by Gasteiger charge is 2.34. The van der Waals surface area contributed by atoms with Crippen molar-refractivity contribution in [2.24, 2.45) is 5.92 Å². The summed E-state index contributed by atoms with van der Waals surface area (Å²) in [5.41, 5.74) is 0.932. The summed E-state index contributed by atoms with van der Waals surface area (Å²) >= 11 is 0. The minimum absolute atomic E-state index is 0.0137. The molecule has 2 amide bonds. The van der Waals surface area contributed by atoms with Crippen molar-refractivity contribution in [2.75, 3.05) is 13.2 Å². The molecule has 0 bridgehead atoms. The minimum atomic E-state index is -0.375. The van der Waals surface area contributed by atoms with Gasteiger partial charge in [-0.25, -0.2) is 0 Å². The van der Waals surface area contributed by atoms with Crippen LogP contribution in [0.3, 0.4) is 0 Å². The first-order valence-electron chi connectivity index (χ1n) is 9.88.